The van der Waals surface area contributed by atoms with Gasteiger partial charge in [-0.25, -0.2) is 0 Å². The van der Waals surface area contributed by atoms with Crippen LogP contribution in [0.1, 0.15) is 79.1 Å². The fourth-order valence-corrected chi connectivity index (χ4v) is 3.29. The molecular weight excluding hydrogens is 220 g/mol. The number of allylic oxidation sites excluding steroid dienone is 2. The Bertz CT molecular complexity index is 289. The molecule has 18 heavy (non-hydrogen) atoms. The molecule has 0 saturated heterocycles. The SMILES string of the molecule is CCCCCC1(CCCCC)C(=O)C=CC1(C)C. The van der Waals surface area contributed by atoms with Crippen molar-refractivity contribution in [1.29, 1.82) is 0 Å². The standard InChI is InChI=1S/C17H30O/c1-5-7-9-12-17(13-10-8-6-2)15(18)11-14-16(17,3)4/h11,14H,5-10,12-13H2,1-4H3. The first-order valence-corrected chi connectivity index (χ1v) is 7.74. The zero-order valence-corrected chi connectivity index (χ0v) is 12.7. The second-order valence-electron chi connectivity index (χ2n) is 6.42. The average Bonchev–Trinajstić information content (AvgIpc) is 2.54. The van der Waals surface area contributed by atoms with Gasteiger partial charge in [0.15, 0.2) is 5.78 Å². The van der Waals surface area contributed by atoms with Crippen LogP contribution in [0, 0.1) is 10.8 Å². The molecule has 104 valence electrons. The lowest BCUT2D eigenvalue weighted by Gasteiger charge is -2.40. The molecule has 0 fully saturated rings. The van der Waals surface area contributed by atoms with E-state index in [1.54, 1.807) is 0 Å². The summed E-state index contributed by atoms with van der Waals surface area (Å²) in [5.41, 5.74) is -0.0527. The average molecular weight is 250 g/mol. The van der Waals surface area contributed by atoms with Crippen molar-refractivity contribution < 1.29 is 4.79 Å². The highest BCUT2D eigenvalue weighted by atomic mass is 16.1. The van der Waals surface area contributed by atoms with Crippen LogP contribution in [0.3, 0.4) is 0 Å². The van der Waals surface area contributed by atoms with Crippen LogP contribution < -0.4 is 0 Å². The summed E-state index contributed by atoms with van der Waals surface area (Å²) in [6.07, 6.45) is 13.5. The zero-order chi connectivity index (χ0) is 13.6. The first-order valence-electron chi connectivity index (χ1n) is 7.74. The molecule has 1 aliphatic carbocycles. The van der Waals surface area contributed by atoms with Crippen molar-refractivity contribution in [3.8, 4) is 0 Å². The molecule has 0 aromatic heterocycles. The maximum absolute atomic E-state index is 12.4. The topological polar surface area (TPSA) is 17.1 Å². The van der Waals surface area contributed by atoms with E-state index >= 15 is 0 Å². The molecule has 0 atom stereocenters. The summed E-state index contributed by atoms with van der Waals surface area (Å²) < 4.78 is 0. The molecule has 0 aromatic carbocycles. The number of carbonyl (C=O) groups is 1. The summed E-state index contributed by atoms with van der Waals surface area (Å²) in [5.74, 6) is 0.389. The summed E-state index contributed by atoms with van der Waals surface area (Å²) in [4.78, 5) is 12.4. The van der Waals surface area contributed by atoms with Gasteiger partial charge in [0, 0.05) is 5.41 Å². The Morgan fingerprint density at radius 1 is 0.944 bits per heavy atom. The smallest absolute Gasteiger partial charge is 0.162 e. The van der Waals surface area contributed by atoms with E-state index < -0.39 is 0 Å². The third-order valence-electron chi connectivity index (χ3n) is 4.77. The van der Waals surface area contributed by atoms with Crippen molar-refractivity contribution in [1.82, 2.24) is 0 Å². The third-order valence-corrected chi connectivity index (χ3v) is 4.77. The summed E-state index contributed by atoms with van der Waals surface area (Å²) in [5, 5.41) is 0. The van der Waals surface area contributed by atoms with Gasteiger partial charge in [-0.15, -0.1) is 0 Å². The minimum atomic E-state index is -0.0999. The Balaban J connectivity index is 2.76. The molecular formula is C17H30O. The molecule has 0 spiro atoms. The van der Waals surface area contributed by atoms with Crippen LogP contribution in [0.2, 0.25) is 0 Å². The molecule has 1 heteroatoms. The van der Waals surface area contributed by atoms with Gasteiger partial charge in [0.2, 0.25) is 0 Å². The van der Waals surface area contributed by atoms with Gasteiger partial charge in [-0.1, -0.05) is 72.3 Å². The van der Waals surface area contributed by atoms with Crippen molar-refractivity contribution in [2.75, 3.05) is 0 Å². The van der Waals surface area contributed by atoms with Gasteiger partial charge >= 0.3 is 0 Å². The Morgan fingerprint density at radius 2 is 1.44 bits per heavy atom. The van der Waals surface area contributed by atoms with Gasteiger partial charge < -0.3 is 0 Å². The van der Waals surface area contributed by atoms with Crippen molar-refractivity contribution in [2.45, 2.75) is 79.1 Å². The summed E-state index contributed by atoms with van der Waals surface area (Å²) in [6.45, 7) is 8.94. The van der Waals surface area contributed by atoms with Crippen LogP contribution in [0.4, 0.5) is 0 Å². The molecule has 0 aromatic rings. The number of hydrogen-bond acceptors (Lipinski definition) is 1. The molecule has 0 saturated carbocycles. The van der Waals surface area contributed by atoms with E-state index in [4.69, 9.17) is 0 Å². The molecule has 0 amide bonds. The van der Waals surface area contributed by atoms with E-state index in [-0.39, 0.29) is 10.8 Å². The molecule has 1 nitrogen and oxygen atoms in total. The third kappa shape index (κ3) is 3.05. The van der Waals surface area contributed by atoms with Crippen molar-refractivity contribution in [3.05, 3.63) is 12.2 Å². The van der Waals surface area contributed by atoms with E-state index in [9.17, 15) is 4.79 Å². The fraction of sp³-hybridized carbons (Fsp3) is 0.824. The van der Waals surface area contributed by atoms with Crippen molar-refractivity contribution in [3.63, 3.8) is 0 Å². The first-order chi connectivity index (χ1) is 8.50. The molecule has 0 heterocycles. The molecule has 1 aliphatic rings. The number of carbonyl (C=O) groups excluding carboxylic acids is 1. The molecule has 0 aliphatic heterocycles. The number of rotatable bonds is 8. The minimum absolute atomic E-state index is 0.0472. The van der Waals surface area contributed by atoms with Gasteiger partial charge in [0.25, 0.3) is 0 Å². The summed E-state index contributed by atoms with van der Waals surface area (Å²) >= 11 is 0. The highest BCUT2D eigenvalue weighted by molar-refractivity contribution is 5.98. The van der Waals surface area contributed by atoms with Gasteiger partial charge in [-0.3, -0.25) is 4.79 Å². The van der Waals surface area contributed by atoms with Crippen molar-refractivity contribution >= 4 is 5.78 Å². The Kier molecular flexibility index (Phi) is 5.62. The minimum Gasteiger partial charge on any atom is -0.294 e. The Hall–Kier alpha value is -0.590. The predicted molar refractivity (Wildman–Crippen MR) is 78.6 cm³/mol. The lowest BCUT2D eigenvalue weighted by atomic mass is 9.62. The van der Waals surface area contributed by atoms with Gasteiger partial charge in [-0.2, -0.15) is 0 Å². The maximum Gasteiger partial charge on any atom is 0.162 e. The summed E-state index contributed by atoms with van der Waals surface area (Å²) in [7, 11) is 0. The van der Waals surface area contributed by atoms with Crippen LogP contribution in [-0.4, -0.2) is 5.78 Å². The van der Waals surface area contributed by atoms with Gasteiger partial charge in [-0.05, 0) is 24.3 Å². The normalized spacial score (nSPS) is 20.6. The molecule has 0 radical (unpaired) electrons. The maximum atomic E-state index is 12.4. The highest BCUT2D eigenvalue weighted by Crippen LogP contribution is 2.52. The second-order valence-corrected chi connectivity index (χ2v) is 6.42. The fourth-order valence-electron chi connectivity index (χ4n) is 3.29. The quantitative estimate of drug-likeness (QED) is 0.534. The highest BCUT2D eigenvalue weighted by Gasteiger charge is 2.50. The van der Waals surface area contributed by atoms with Crippen LogP contribution >= 0.6 is 0 Å². The van der Waals surface area contributed by atoms with E-state index in [1.807, 2.05) is 6.08 Å². The first kappa shape index (κ1) is 15.5. The van der Waals surface area contributed by atoms with Gasteiger partial charge in [0.05, 0.1) is 0 Å². The number of unbranched alkanes of at least 4 members (excludes halogenated alkanes) is 4. The van der Waals surface area contributed by atoms with Crippen LogP contribution in [0.15, 0.2) is 12.2 Å². The summed E-state index contributed by atoms with van der Waals surface area (Å²) in [6, 6.07) is 0. The molecule has 0 N–H and O–H groups in total. The van der Waals surface area contributed by atoms with E-state index in [0.717, 1.165) is 12.8 Å². The number of hydrogen-bond donors (Lipinski definition) is 0. The lowest BCUT2D eigenvalue weighted by Crippen LogP contribution is -2.39. The van der Waals surface area contributed by atoms with E-state index in [0.29, 0.717) is 5.78 Å². The Morgan fingerprint density at radius 3 is 1.78 bits per heavy atom. The van der Waals surface area contributed by atoms with Crippen molar-refractivity contribution in [2.24, 2.45) is 10.8 Å². The molecule has 1 rings (SSSR count). The van der Waals surface area contributed by atoms with E-state index in [1.165, 1.54) is 38.5 Å². The largest absolute Gasteiger partial charge is 0.294 e. The van der Waals surface area contributed by atoms with Crippen LogP contribution in [-0.2, 0) is 4.79 Å². The van der Waals surface area contributed by atoms with Crippen LogP contribution in [0.25, 0.3) is 0 Å². The van der Waals surface area contributed by atoms with E-state index in [2.05, 4.69) is 33.8 Å². The monoisotopic (exact) mass is 250 g/mol. The van der Waals surface area contributed by atoms with Gasteiger partial charge in [0.1, 0.15) is 0 Å². The molecule has 0 unspecified atom stereocenters. The Labute approximate surface area is 113 Å². The van der Waals surface area contributed by atoms with Crippen LogP contribution in [0.5, 0.6) is 0 Å². The number of ketones is 1. The zero-order valence-electron chi connectivity index (χ0n) is 12.7. The lowest BCUT2D eigenvalue weighted by molar-refractivity contribution is -0.128. The predicted octanol–water partition coefficient (Wildman–Crippen LogP) is 5.30. The second kappa shape index (κ2) is 6.54. The molecule has 0 bridgehead atoms.